The van der Waals surface area contributed by atoms with Crippen molar-refractivity contribution in [1.29, 1.82) is 0 Å². The molecule has 9 heteroatoms. The van der Waals surface area contributed by atoms with Gasteiger partial charge < -0.3 is 9.47 Å². The van der Waals surface area contributed by atoms with Gasteiger partial charge in [-0.2, -0.15) is 0 Å². The fourth-order valence-corrected chi connectivity index (χ4v) is 5.20. The number of hydrogen-bond acceptors (Lipinski definition) is 6. The number of nitrogens with zero attached hydrogens (tertiary/aromatic N) is 2. The summed E-state index contributed by atoms with van der Waals surface area (Å²) >= 11 is 9.78. The van der Waals surface area contributed by atoms with E-state index in [4.69, 9.17) is 21.1 Å². The lowest BCUT2D eigenvalue weighted by atomic mass is 9.95. The van der Waals surface area contributed by atoms with Gasteiger partial charge in [0, 0.05) is 14.2 Å². The number of benzene rings is 2. The van der Waals surface area contributed by atoms with Gasteiger partial charge in [0.05, 0.1) is 30.0 Å². The number of ether oxygens (including phenoxy) is 2. The van der Waals surface area contributed by atoms with Gasteiger partial charge in [0.2, 0.25) is 0 Å². The summed E-state index contributed by atoms with van der Waals surface area (Å²) in [4.78, 5) is 31.4. The summed E-state index contributed by atoms with van der Waals surface area (Å²) in [6.07, 6.45) is 1.82. The number of esters is 1. The first-order chi connectivity index (χ1) is 15.3. The number of methoxy groups -OCH3 is 2. The van der Waals surface area contributed by atoms with E-state index in [1.807, 2.05) is 30.3 Å². The van der Waals surface area contributed by atoms with Crippen molar-refractivity contribution < 1.29 is 14.3 Å². The molecular formula is C23H18ClIN2O4S. The molecule has 0 amide bonds. The van der Waals surface area contributed by atoms with Gasteiger partial charge in [0.1, 0.15) is 11.8 Å². The maximum atomic E-state index is 13.5. The van der Waals surface area contributed by atoms with Crippen LogP contribution in [0.1, 0.15) is 24.1 Å². The summed E-state index contributed by atoms with van der Waals surface area (Å²) in [5.41, 5.74) is 1.97. The molecule has 0 N–H and O–H groups in total. The minimum Gasteiger partial charge on any atom is -0.496 e. The Morgan fingerprint density at radius 2 is 1.94 bits per heavy atom. The third-order valence-corrected chi connectivity index (χ3v) is 7.02. The summed E-state index contributed by atoms with van der Waals surface area (Å²) in [6, 6.07) is 12.2. The predicted octanol–water partition coefficient (Wildman–Crippen LogP) is 3.67. The molecule has 1 aromatic heterocycles. The third kappa shape index (κ3) is 4.14. The van der Waals surface area contributed by atoms with Gasteiger partial charge >= 0.3 is 5.97 Å². The van der Waals surface area contributed by atoms with Crippen molar-refractivity contribution in [3.05, 3.63) is 93.1 Å². The number of hydrogen-bond donors (Lipinski definition) is 0. The smallest absolute Gasteiger partial charge is 0.338 e. The molecular weight excluding hydrogens is 563 g/mol. The van der Waals surface area contributed by atoms with Gasteiger partial charge in [-0.3, -0.25) is 9.36 Å². The van der Waals surface area contributed by atoms with Crippen LogP contribution in [0.5, 0.6) is 5.75 Å². The second kappa shape index (κ2) is 9.21. The Hall–Kier alpha value is -2.43. The van der Waals surface area contributed by atoms with Crippen molar-refractivity contribution in [2.24, 2.45) is 4.99 Å². The first kappa shape index (κ1) is 22.8. The molecule has 0 bridgehead atoms. The Morgan fingerprint density at radius 1 is 1.22 bits per heavy atom. The summed E-state index contributed by atoms with van der Waals surface area (Å²) in [6.45, 7) is 1.73. The monoisotopic (exact) mass is 580 g/mol. The number of fused-ring (bicyclic) bond motifs is 1. The van der Waals surface area contributed by atoms with Crippen LogP contribution in [0.2, 0.25) is 5.02 Å². The lowest BCUT2D eigenvalue weighted by Crippen LogP contribution is -2.40. The van der Waals surface area contributed by atoms with Gasteiger partial charge in [-0.15, -0.1) is 0 Å². The molecule has 164 valence electrons. The van der Waals surface area contributed by atoms with Gasteiger partial charge in [-0.1, -0.05) is 35.1 Å². The average Bonchev–Trinajstić information content (AvgIpc) is 3.08. The van der Waals surface area contributed by atoms with Crippen molar-refractivity contribution in [1.82, 2.24) is 4.57 Å². The van der Waals surface area contributed by atoms with Gasteiger partial charge in [0.25, 0.3) is 5.56 Å². The zero-order chi connectivity index (χ0) is 23.0. The van der Waals surface area contributed by atoms with Crippen LogP contribution < -0.4 is 19.6 Å². The van der Waals surface area contributed by atoms with E-state index in [0.29, 0.717) is 31.4 Å². The van der Waals surface area contributed by atoms with E-state index in [0.717, 1.165) is 9.13 Å². The number of carbonyl (C=O) groups is 1. The fourth-order valence-electron chi connectivity index (χ4n) is 3.62. The van der Waals surface area contributed by atoms with Crippen molar-refractivity contribution >= 4 is 57.6 Å². The zero-order valence-electron chi connectivity index (χ0n) is 17.4. The van der Waals surface area contributed by atoms with Crippen LogP contribution in [0.15, 0.2) is 63.5 Å². The van der Waals surface area contributed by atoms with E-state index >= 15 is 0 Å². The molecule has 0 spiro atoms. The minimum absolute atomic E-state index is 0.256. The molecule has 0 radical (unpaired) electrons. The Bertz CT molecular complexity index is 1420. The first-order valence-electron chi connectivity index (χ1n) is 9.54. The van der Waals surface area contributed by atoms with Crippen LogP contribution in [0.4, 0.5) is 0 Å². The van der Waals surface area contributed by atoms with E-state index in [1.54, 1.807) is 25.1 Å². The second-order valence-corrected chi connectivity index (χ2v) is 9.70. The summed E-state index contributed by atoms with van der Waals surface area (Å²) in [5.74, 6) is -0.0621. The van der Waals surface area contributed by atoms with Crippen LogP contribution in [0.3, 0.4) is 0 Å². The molecule has 0 saturated carbocycles. The highest BCUT2D eigenvalue weighted by Crippen LogP contribution is 2.37. The standard InChI is InChI=1S/C23H18ClIN2O4S/c1-12-19(22(29)31-3)20(16-11-14(24)6-9-17(16)30-2)27-21(28)18(32-23(27)26-12)10-13-4-7-15(25)8-5-13/h4-11,20H,1-3H3/b18-10-/t20-/m1/s1. The van der Waals surface area contributed by atoms with Gasteiger partial charge in [-0.05, 0) is 71.5 Å². The molecule has 0 saturated heterocycles. The molecule has 1 aliphatic rings. The number of aromatic nitrogens is 1. The number of rotatable bonds is 4. The second-order valence-electron chi connectivity index (χ2n) is 7.01. The lowest BCUT2D eigenvalue weighted by Gasteiger charge is -2.25. The van der Waals surface area contributed by atoms with Crippen LogP contribution >= 0.6 is 45.5 Å². The molecule has 32 heavy (non-hydrogen) atoms. The van der Waals surface area contributed by atoms with E-state index in [1.165, 1.54) is 30.1 Å². The van der Waals surface area contributed by atoms with Gasteiger partial charge in [0.15, 0.2) is 4.80 Å². The van der Waals surface area contributed by atoms with E-state index in [2.05, 4.69) is 27.6 Å². The van der Waals surface area contributed by atoms with Crippen molar-refractivity contribution in [2.45, 2.75) is 13.0 Å². The minimum atomic E-state index is -0.786. The van der Waals surface area contributed by atoms with Gasteiger partial charge in [-0.25, -0.2) is 9.79 Å². The zero-order valence-corrected chi connectivity index (χ0v) is 21.1. The Balaban J connectivity index is 2.02. The van der Waals surface area contributed by atoms with Crippen LogP contribution in [0.25, 0.3) is 6.08 Å². The topological polar surface area (TPSA) is 69.9 Å². The Labute approximate surface area is 206 Å². The normalized spacial score (nSPS) is 15.9. The average molecular weight is 581 g/mol. The molecule has 0 unspecified atom stereocenters. The highest BCUT2D eigenvalue weighted by Gasteiger charge is 2.35. The maximum absolute atomic E-state index is 13.5. The SMILES string of the molecule is COC(=O)C1=C(C)N=c2s/c(=C\c3ccc(I)cc3)c(=O)n2[C@@H]1c1cc(Cl)ccc1OC. The number of halogens is 2. The van der Waals surface area contributed by atoms with Crippen molar-refractivity contribution in [3.8, 4) is 5.75 Å². The molecule has 6 nitrogen and oxygen atoms in total. The number of carbonyl (C=O) groups excluding carboxylic acids is 1. The maximum Gasteiger partial charge on any atom is 0.338 e. The molecule has 2 heterocycles. The van der Waals surface area contributed by atoms with Crippen LogP contribution in [0, 0.1) is 3.57 Å². The summed E-state index contributed by atoms with van der Waals surface area (Å²) in [5, 5.41) is 0.459. The first-order valence-corrected chi connectivity index (χ1v) is 11.8. The molecule has 3 aromatic rings. The molecule has 0 aliphatic carbocycles. The highest BCUT2D eigenvalue weighted by molar-refractivity contribution is 14.1. The predicted molar refractivity (Wildman–Crippen MR) is 133 cm³/mol. The lowest BCUT2D eigenvalue weighted by molar-refractivity contribution is -0.136. The van der Waals surface area contributed by atoms with Crippen molar-refractivity contribution in [2.75, 3.05) is 14.2 Å². The van der Waals surface area contributed by atoms with Crippen molar-refractivity contribution in [3.63, 3.8) is 0 Å². The molecule has 0 fully saturated rings. The highest BCUT2D eigenvalue weighted by atomic mass is 127. The quantitative estimate of drug-likeness (QED) is 0.349. The van der Waals surface area contributed by atoms with Crippen LogP contribution in [-0.4, -0.2) is 24.8 Å². The summed E-state index contributed by atoms with van der Waals surface area (Å²) in [7, 11) is 2.83. The van der Waals surface area contributed by atoms with E-state index in [-0.39, 0.29) is 11.1 Å². The van der Waals surface area contributed by atoms with Crippen LogP contribution in [-0.2, 0) is 9.53 Å². The Morgan fingerprint density at radius 3 is 2.59 bits per heavy atom. The molecule has 4 rings (SSSR count). The van der Waals surface area contributed by atoms with E-state index in [9.17, 15) is 9.59 Å². The number of allylic oxidation sites excluding steroid dienone is 1. The molecule has 1 atom stereocenters. The Kier molecular flexibility index (Phi) is 6.55. The summed E-state index contributed by atoms with van der Waals surface area (Å²) < 4.78 is 13.7. The fraction of sp³-hybridized carbons (Fsp3) is 0.174. The third-order valence-electron chi connectivity index (χ3n) is 5.08. The largest absolute Gasteiger partial charge is 0.496 e. The number of thiazole rings is 1. The molecule has 2 aromatic carbocycles. The van der Waals surface area contributed by atoms with E-state index < -0.39 is 12.0 Å². The molecule has 1 aliphatic heterocycles.